The van der Waals surface area contributed by atoms with Gasteiger partial charge in [0.25, 0.3) is 0 Å². The third kappa shape index (κ3) is 3.97. The molecule has 212 valence electrons. The van der Waals surface area contributed by atoms with E-state index in [-0.39, 0.29) is 0 Å². The highest BCUT2D eigenvalue weighted by atomic mass is 14.4. The van der Waals surface area contributed by atoms with Gasteiger partial charge in [-0.05, 0) is 90.4 Å². The van der Waals surface area contributed by atoms with Gasteiger partial charge in [-0.2, -0.15) is 0 Å². The summed E-state index contributed by atoms with van der Waals surface area (Å²) in [7, 11) is 0. The molecule has 0 aromatic heterocycles. The van der Waals surface area contributed by atoms with E-state index >= 15 is 0 Å². The van der Waals surface area contributed by atoms with Gasteiger partial charge in [0.2, 0.25) is 0 Å². The molecule has 3 aromatic carbocycles. The molecule has 0 saturated carbocycles. The molecule has 0 radical (unpaired) electrons. The van der Waals surface area contributed by atoms with E-state index in [1.54, 1.807) is 11.1 Å². The van der Waals surface area contributed by atoms with Crippen LogP contribution in [0.4, 0.5) is 0 Å². The molecule has 0 saturated heterocycles. The van der Waals surface area contributed by atoms with Crippen LogP contribution in [-0.4, -0.2) is 0 Å². The normalized spacial score (nSPS) is 25.9. The minimum atomic E-state index is 0.320. The predicted molar refractivity (Wildman–Crippen MR) is 185 cm³/mol. The zero-order valence-electron chi connectivity index (χ0n) is 25.0. The summed E-state index contributed by atoms with van der Waals surface area (Å²) in [6.07, 6.45) is 32.6. The Balaban J connectivity index is 1.37. The zero-order valence-corrected chi connectivity index (χ0v) is 25.0. The molecule has 0 amide bonds. The molecule has 44 heavy (non-hydrogen) atoms. The Morgan fingerprint density at radius 3 is 1.77 bits per heavy atom. The first-order chi connectivity index (χ1) is 21.9. The van der Waals surface area contributed by atoms with Crippen molar-refractivity contribution in [3.63, 3.8) is 0 Å². The highest BCUT2D eigenvalue weighted by Crippen LogP contribution is 2.46. The van der Waals surface area contributed by atoms with Gasteiger partial charge in [0.1, 0.15) is 0 Å². The van der Waals surface area contributed by atoms with E-state index in [0.717, 1.165) is 25.7 Å². The maximum atomic E-state index is 2.49. The van der Waals surface area contributed by atoms with Crippen LogP contribution in [0.25, 0.3) is 33.9 Å². The van der Waals surface area contributed by atoms with Crippen molar-refractivity contribution in [3.05, 3.63) is 177 Å². The first-order valence-electron chi connectivity index (χ1n) is 16.4. The van der Waals surface area contributed by atoms with Crippen LogP contribution in [0, 0.1) is 23.7 Å². The molecule has 6 aliphatic rings. The summed E-state index contributed by atoms with van der Waals surface area (Å²) in [5, 5.41) is 8.54. The third-order valence-corrected chi connectivity index (χ3v) is 10.7. The predicted octanol–water partition coefficient (Wildman–Crippen LogP) is 5.44. The first kappa shape index (κ1) is 25.8. The Hall–Kier alpha value is -4.68. The zero-order chi connectivity index (χ0) is 29.0. The molecule has 0 bridgehead atoms. The summed E-state index contributed by atoms with van der Waals surface area (Å²) in [6.45, 7) is 0. The molecule has 4 atom stereocenters. The molecule has 0 heteroatoms. The van der Waals surface area contributed by atoms with Crippen LogP contribution in [0.2, 0.25) is 0 Å². The van der Waals surface area contributed by atoms with Gasteiger partial charge in [0, 0.05) is 23.7 Å². The van der Waals surface area contributed by atoms with Gasteiger partial charge in [-0.1, -0.05) is 146 Å². The molecule has 0 spiro atoms. The number of allylic oxidation sites excluding steroid dienone is 12. The average Bonchev–Trinajstić information content (AvgIpc) is 3.10. The number of benzene rings is 3. The van der Waals surface area contributed by atoms with Crippen molar-refractivity contribution in [2.75, 3.05) is 0 Å². The summed E-state index contributed by atoms with van der Waals surface area (Å²) < 4.78 is 0. The molecular formula is C44H36. The molecule has 0 aliphatic heterocycles. The maximum Gasteiger partial charge on any atom is 0.0134 e. The smallest absolute Gasteiger partial charge is 0.0134 e. The van der Waals surface area contributed by atoms with E-state index in [4.69, 9.17) is 0 Å². The highest BCUT2D eigenvalue weighted by Gasteiger charge is 2.37. The maximum absolute atomic E-state index is 2.49. The molecule has 0 fully saturated rings. The van der Waals surface area contributed by atoms with Crippen LogP contribution in [0.15, 0.2) is 145 Å². The largest absolute Gasteiger partial charge is 0.0767 e. The molecule has 0 heterocycles. The number of hydrogen-bond acceptors (Lipinski definition) is 0. The van der Waals surface area contributed by atoms with Crippen LogP contribution in [0.1, 0.15) is 25.7 Å². The van der Waals surface area contributed by atoms with E-state index in [1.807, 2.05) is 0 Å². The molecular weight excluding hydrogens is 528 g/mol. The summed E-state index contributed by atoms with van der Waals surface area (Å²) in [5.41, 5.74) is 9.17. The van der Waals surface area contributed by atoms with E-state index in [1.165, 1.54) is 53.6 Å². The van der Waals surface area contributed by atoms with Crippen LogP contribution in [0.3, 0.4) is 0 Å². The lowest BCUT2D eigenvalue weighted by molar-refractivity contribution is 0.612. The SMILES string of the molecule is C1=CC2C=CC=C(C3=c4ccccc4=C(C4=c5ccccc5=C(C5=c6ccccc6=CCC5)CC4)C4C=CC=CC34)C2C=C1. The van der Waals surface area contributed by atoms with E-state index in [0.29, 0.717) is 23.7 Å². The van der Waals surface area contributed by atoms with E-state index < -0.39 is 0 Å². The van der Waals surface area contributed by atoms with Gasteiger partial charge < -0.3 is 0 Å². The van der Waals surface area contributed by atoms with Gasteiger partial charge in [0.05, 0.1) is 0 Å². The van der Waals surface area contributed by atoms with Crippen molar-refractivity contribution in [2.45, 2.75) is 25.7 Å². The Morgan fingerprint density at radius 1 is 0.432 bits per heavy atom. The fourth-order valence-electron chi connectivity index (χ4n) is 8.86. The Bertz CT molecular complexity index is 2290. The topological polar surface area (TPSA) is 0 Å². The minimum absolute atomic E-state index is 0.320. The summed E-state index contributed by atoms with van der Waals surface area (Å²) in [5.74, 6) is 1.46. The van der Waals surface area contributed by atoms with Crippen LogP contribution >= 0.6 is 0 Å². The lowest BCUT2D eigenvalue weighted by atomic mass is 9.65. The standard InChI is InChI=1S/C44H36/c1-3-17-31-29(13-1)15-11-25-33(31)36-27-28-42(35-20-6-5-19-34(35)36)44-40-23-9-7-21-38(40)43(39-22-8-10-24-41(39)44)37-26-12-16-30-14-2-4-18-32(30)37/h1-10,12-24,26,30,32,38,40H,11,25,27-28H2. The quantitative estimate of drug-likeness (QED) is 0.398. The molecule has 0 nitrogen and oxygen atoms in total. The van der Waals surface area contributed by atoms with Crippen molar-refractivity contribution in [2.24, 2.45) is 23.7 Å². The lowest BCUT2D eigenvalue weighted by Crippen LogP contribution is -2.44. The Kier molecular flexibility index (Phi) is 6.15. The van der Waals surface area contributed by atoms with Crippen molar-refractivity contribution < 1.29 is 0 Å². The lowest BCUT2D eigenvalue weighted by Gasteiger charge is -2.38. The fraction of sp³-hybridized carbons (Fsp3) is 0.182. The Morgan fingerprint density at radius 2 is 0.977 bits per heavy atom. The summed E-state index contributed by atoms with van der Waals surface area (Å²) in [6, 6.07) is 27.6. The second kappa shape index (κ2) is 10.5. The average molecular weight is 565 g/mol. The van der Waals surface area contributed by atoms with Gasteiger partial charge in [-0.3, -0.25) is 0 Å². The van der Waals surface area contributed by atoms with Crippen molar-refractivity contribution in [1.29, 1.82) is 0 Å². The molecule has 0 N–H and O–H groups in total. The van der Waals surface area contributed by atoms with E-state index in [9.17, 15) is 0 Å². The van der Waals surface area contributed by atoms with Crippen molar-refractivity contribution in [1.82, 2.24) is 0 Å². The summed E-state index contributed by atoms with van der Waals surface area (Å²) >= 11 is 0. The van der Waals surface area contributed by atoms with Gasteiger partial charge >= 0.3 is 0 Å². The first-order valence-corrected chi connectivity index (χ1v) is 16.4. The van der Waals surface area contributed by atoms with Gasteiger partial charge in [0.15, 0.2) is 0 Å². The molecule has 3 aromatic rings. The van der Waals surface area contributed by atoms with Crippen molar-refractivity contribution in [3.8, 4) is 0 Å². The number of fused-ring (bicyclic) bond motifs is 5. The summed E-state index contributed by atoms with van der Waals surface area (Å²) in [4.78, 5) is 0. The fourth-order valence-corrected chi connectivity index (χ4v) is 8.86. The molecule has 6 aliphatic carbocycles. The minimum Gasteiger partial charge on any atom is -0.0767 e. The van der Waals surface area contributed by atoms with Crippen LogP contribution in [0.5, 0.6) is 0 Å². The van der Waals surface area contributed by atoms with Crippen LogP contribution in [-0.2, 0) is 0 Å². The second-order valence-electron chi connectivity index (χ2n) is 12.9. The molecule has 9 rings (SSSR count). The second-order valence-corrected chi connectivity index (χ2v) is 12.9. The van der Waals surface area contributed by atoms with Crippen LogP contribution < -0.4 is 31.3 Å². The monoisotopic (exact) mass is 564 g/mol. The van der Waals surface area contributed by atoms with Gasteiger partial charge in [-0.15, -0.1) is 0 Å². The molecule has 4 unspecified atom stereocenters. The number of rotatable bonds is 3. The number of hydrogen-bond donors (Lipinski definition) is 0. The third-order valence-electron chi connectivity index (χ3n) is 10.7. The van der Waals surface area contributed by atoms with E-state index in [2.05, 4.69) is 146 Å². The Labute approximate surface area is 259 Å². The van der Waals surface area contributed by atoms with Gasteiger partial charge in [-0.25, -0.2) is 0 Å². The van der Waals surface area contributed by atoms with Crippen molar-refractivity contribution >= 4 is 33.9 Å². The highest BCUT2D eigenvalue weighted by molar-refractivity contribution is 5.98.